The second kappa shape index (κ2) is 25.3. The lowest BCUT2D eigenvalue weighted by Crippen LogP contribution is -2.13. The molecule has 0 aliphatic rings. The summed E-state index contributed by atoms with van der Waals surface area (Å²) in [5.41, 5.74) is 2.07. The molecular formula is C23H39NO2. The minimum absolute atomic E-state index is 0.172. The van der Waals surface area contributed by atoms with Gasteiger partial charge in [-0.05, 0) is 45.4 Å². The topological polar surface area (TPSA) is 49.3 Å². The monoisotopic (exact) mass is 361 g/mol. The molecule has 3 heteroatoms. The van der Waals surface area contributed by atoms with Crippen LogP contribution in [0.3, 0.4) is 0 Å². The van der Waals surface area contributed by atoms with Crippen molar-refractivity contribution in [2.24, 2.45) is 0 Å². The van der Waals surface area contributed by atoms with Crippen molar-refractivity contribution in [1.82, 2.24) is 5.32 Å². The summed E-state index contributed by atoms with van der Waals surface area (Å²) >= 11 is 0. The van der Waals surface area contributed by atoms with Crippen LogP contribution in [0, 0.1) is 0 Å². The van der Waals surface area contributed by atoms with Gasteiger partial charge < -0.3 is 10.4 Å². The van der Waals surface area contributed by atoms with Crippen LogP contribution in [0.2, 0.25) is 0 Å². The molecule has 26 heavy (non-hydrogen) atoms. The Morgan fingerprint density at radius 3 is 2.19 bits per heavy atom. The zero-order valence-corrected chi connectivity index (χ0v) is 17.4. The minimum Gasteiger partial charge on any atom is -0.400 e. The molecule has 0 amide bonds. The number of allylic oxidation sites excluding steroid dienone is 10. The van der Waals surface area contributed by atoms with Crippen LogP contribution in [-0.2, 0) is 4.79 Å². The van der Waals surface area contributed by atoms with Gasteiger partial charge in [0.25, 0.3) is 0 Å². The largest absolute Gasteiger partial charge is 0.400 e. The number of carbonyl (C=O) groups excluding carboxylic acids is 1. The van der Waals surface area contributed by atoms with Gasteiger partial charge in [-0.2, -0.15) is 0 Å². The van der Waals surface area contributed by atoms with Crippen LogP contribution in [0.1, 0.15) is 47.0 Å². The number of hydrogen-bond donors (Lipinski definition) is 2. The van der Waals surface area contributed by atoms with Gasteiger partial charge in [0, 0.05) is 19.1 Å². The van der Waals surface area contributed by atoms with E-state index in [1.165, 1.54) is 12.0 Å². The molecule has 0 saturated heterocycles. The van der Waals surface area contributed by atoms with Gasteiger partial charge in [0.1, 0.15) is 0 Å². The van der Waals surface area contributed by atoms with Gasteiger partial charge in [0.05, 0.1) is 0 Å². The van der Waals surface area contributed by atoms with Crippen molar-refractivity contribution in [2.75, 3.05) is 20.2 Å². The fourth-order valence-electron chi connectivity index (χ4n) is 1.79. The standard InChI is InChI=1S/C12H21N.C10H14O.CH4O/c1-4-7-9-12(5-2)10-8-11-13-6-3;1-4-7-8-9(5-2)10(11)6-3;1-2/h4-5,7,9,13H,2,6,8,10-11H2,1,3H3;4-5,7-8H,1,6H2,2-3H3;2H,1H3/b7-4-,12-9+;8-7-,9-5+;. The molecule has 0 rings (SSSR count). The number of aliphatic hydroxyl groups excluding tert-OH is 1. The highest BCUT2D eigenvalue weighted by Crippen LogP contribution is 2.05. The third kappa shape index (κ3) is 20.1. The van der Waals surface area contributed by atoms with Crippen molar-refractivity contribution in [3.63, 3.8) is 0 Å². The average molecular weight is 362 g/mol. The summed E-state index contributed by atoms with van der Waals surface area (Å²) < 4.78 is 0. The van der Waals surface area contributed by atoms with Crippen LogP contribution < -0.4 is 5.32 Å². The van der Waals surface area contributed by atoms with Crippen LogP contribution in [0.15, 0.2) is 72.9 Å². The number of nitrogens with one attached hydrogen (secondary N) is 1. The molecule has 0 bridgehead atoms. The molecule has 0 aliphatic heterocycles. The Balaban J connectivity index is -0.000000375. The van der Waals surface area contributed by atoms with Crippen molar-refractivity contribution in [2.45, 2.75) is 47.0 Å². The molecule has 0 radical (unpaired) electrons. The third-order valence-electron chi connectivity index (χ3n) is 3.20. The normalized spacial score (nSPS) is 11.5. The van der Waals surface area contributed by atoms with E-state index in [0.29, 0.717) is 6.42 Å². The first-order valence-electron chi connectivity index (χ1n) is 9.19. The third-order valence-corrected chi connectivity index (χ3v) is 3.20. The molecule has 0 aromatic heterocycles. The summed E-state index contributed by atoms with van der Waals surface area (Å²) in [7, 11) is 1.00. The zero-order valence-electron chi connectivity index (χ0n) is 17.4. The molecule has 0 saturated carbocycles. The Labute approximate surface area is 161 Å². The SMILES string of the molecule is C=C/C(=C\C=C/C)CCCNCC.C=C/C=C\C(=C/C)C(=O)CC.CO. The van der Waals surface area contributed by atoms with Gasteiger partial charge in [-0.15, -0.1) is 0 Å². The minimum atomic E-state index is 0.172. The number of aliphatic hydroxyl groups is 1. The summed E-state index contributed by atoms with van der Waals surface area (Å²) in [6.07, 6.45) is 18.0. The molecule has 2 N–H and O–H groups in total. The molecule has 0 unspecified atom stereocenters. The lowest BCUT2D eigenvalue weighted by molar-refractivity contribution is -0.115. The molecule has 0 fully saturated rings. The van der Waals surface area contributed by atoms with E-state index in [9.17, 15) is 4.79 Å². The number of hydrogen-bond acceptors (Lipinski definition) is 3. The van der Waals surface area contributed by atoms with Crippen LogP contribution in [-0.4, -0.2) is 31.1 Å². The Bertz CT molecular complexity index is 469. The first-order valence-corrected chi connectivity index (χ1v) is 9.19. The van der Waals surface area contributed by atoms with E-state index in [1.54, 1.807) is 18.2 Å². The second-order valence-corrected chi connectivity index (χ2v) is 5.04. The predicted octanol–water partition coefficient (Wildman–Crippen LogP) is 5.33. The summed E-state index contributed by atoms with van der Waals surface area (Å²) in [6.45, 7) is 17.3. The maximum Gasteiger partial charge on any atom is 0.162 e. The fourth-order valence-corrected chi connectivity index (χ4v) is 1.79. The number of carbonyl (C=O) groups is 1. The summed E-state index contributed by atoms with van der Waals surface area (Å²) in [5.74, 6) is 0.172. The predicted molar refractivity (Wildman–Crippen MR) is 117 cm³/mol. The lowest BCUT2D eigenvalue weighted by atomic mass is 10.1. The van der Waals surface area contributed by atoms with Crippen molar-refractivity contribution in [1.29, 1.82) is 0 Å². The lowest BCUT2D eigenvalue weighted by Gasteiger charge is -2.01. The Morgan fingerprint density at radius 2 is 1.77 bits per heavy atom. The summed E-state index contributed by atoms with van der Waals surface area (Å²) in [6, 6.07) is 0. The van der Waals surface area contributed by atoms with E-state index in [0.717, 1.165) is 32.2 Å². The van der Waals surface area contributed by atoms with E-state index >= 15 is 0 Å². The van der Waals surface area contributed by atoms with Crippen LogP contribution in [0.4, 0.5) is 0 Å². The summed E-state index contributed by atoms with van der Waals surface area (Å²) in [4.78, 5) is 11.1. The molecule has 0 spiro atoms. The van der Waals surface area contributed by atoms with E-state index in [4.69, 9.17) is 5.11 Å². The van der Waals surface area contributed by atoms with E-state index in [2.05, 4.69) is 37.6 Å². The molecule has 0 heterocycles. The van der Waals surface area contributed by atoms with Crippen LogP contribution >= 0.6 is 0 Å². The Morgan fingerprint density at radius 1 is 1.12 bits per heavy atom. The Kier molecular flexibility index (Phi) is 28.0. The van der Waals surface area contributed by atoms with Gasteiger partial charge in [0.2, 0.25) is 0 Å². The fraction of sp³-hybridized carbons (Fsp3) is 0.435. The zero-order chi connectivity index (χ0) is 20.6. The smallest absolute Gasteiger partial charge is 0.162 e. The Hall–Kier alpha value is -1.97. The summed E-state index contributed by atoms with van der Waals surface area (Å²) in [5, 5.41) is 10.3. The number of Topliss-reactive ketones (excluding diaryl/α,β-unsaturated/α-hetero) is 1. The van der Waals surface area contributed by atoms with E-state index < -0.39 is 0 Å². The highest BCUT2D eigenvalue weighted by atomic mass is 16.2. The molecule has 0 aliphatic carbocycles. The van der Waals surface area contributed by atoms with Gasteiger partial charge >= 0.3 is 0 Å². The highest BCUT2D eigenvalue weighted by molar-refractivity contribution is 5.97. The van der Waals surface area contributed by atoms with Gasteiger partial charge in [-0.3, -0.25) is 4.79 Å². The highest BCUT2D eigenvalue weighted by Gasteiger charge is 1.99. The quantitative estimate of drug-likeness (QED) is 0.297. The van der Waals surface area contributed by atoms with Crippen molar-refractivity contribution < 1.29 is 9.90 Å². The van der Waals surface area contributed by atoms with Crippen molar-refractivity contribution in [3.8, 4) is 0 Å². The maximum absolute atomic E-state index is 11.1. The van der Waals surface area contributed by atoms with E-state index in [-0.39, 0.29) is 5.78 Å². The van der Waals surface area contributed by atoms with Gasteiger partial charge in [0.15, 0.2) is 5.78 Å². The molecule has 0 aromatic rings. The molecule has 0 atom stereocenters. The van der Waals surface area contributed by atoms with Crippen molar-refractivity contribution >= 4 is 5.78 Å². The van der Waals surface area contributed by atoms with Crippen LogP contribution in [0.5, 0.6) is 0 Å². The molecular weight excluding hydrogens is 322 g/mol. The first-order chi connectivity index (χ1) is 12.6. The van der Waals surface area contributed by atoms with Gasteiger partial charge in [-0.1, -0.05) is 75.6 Å². The molecule has 3 nitrogen and oxygen atoms in total. The number of rotatable bonds is 11. The van der Waals surface area contributed by atoms with Gasteiger partial charge in [-0.25, -0.2) is 0 Å². The molecule has 148 valence electrons. The number of ketones is 1. The average Bonchev–Trinajstić information content (AvgIpc) is 2.69. The first kappa shape index (κ1) is 28.8. The van der Waals surface area contributed by atoms with Crippen molar-refractivity contribution in [3.05, 3.63) is 72.9 Å². The maximum atomic E-state index is 11.1. The molecule has 0 aromatic carbocycles. The van der Waals surface area contributed by atoms with E-state index in [1.807, 2.05) is 39.0 Å². The van der Waals surface area contributed by atoms with Crippen LogP contribution in [0.25, 0.3) is 0 Å². The second-order valence-electron chi connectivity index (χ2n) is 5.04.